The van der Waals surface area contributed by atoms with Gasteiger partial charge in [0, 0.05) is 43.4 Å². The fourth-order valence-corrected chi connectivity index (χ4v) is 6.68. The summed E-state index contributed by atoms with van der Waals surface area (Å²) in [5.41, 5.74) is 2.75. The Balaban J connectivity index is 1.59. The lowest BCUT2D eigenvalue weighted by Crippen LogP contribution is -2.65. The lowest BCUT2D eigenvalue weighted by atomic mass is 9.57. The van der Waals surface area contributed by atoms with Gasteiger partial charge in [-0.2, -0.15) is 0 Å². The molecular formula is C31H34N4O9. The summed E-state index contributed by atoms with van der Waals surface area (Å²) in [5, 5.41) is 48.3. The molecule has 0 heterocycles. The van der Waals surface area contributed by atoms with Crippen LogP contribution in [0.1, 0.15) is 23.1 Å². The van der Waals surface area contributed by atoms with Gasteiger partial charge in [0.1, 0.15) is 28.6 Å². The van der Waals surface area contributed by atoms with E-state index >= 15 is 0 Å². The molecule has 0 unspecified atom stereocenters. The molecule has 3 aliphatic carbocycles. The van der Waals surface area contributed by atoms with Crippen LogP contribution in [0.4, 0.5) is 10.5 Å². The molecule has 0 aromatic heterocycles. The first kappa shape index (κ1) is 30.6. The van der Waals surface area contributed by atoms with Crippen molar-refractivity contribution in [2.24, 2.45) is 17.6 Å². The Morgan fingerprint density at radius 3 is 2.34 bits per heavy atom. The fourth-order valence-electron chi connectivity index (χ4n) is 6.68. The first-order valence-corrected chi connectivity index (χ1v) is 13.9. The number of carbonyl (C=O) groups is 4. The molecule has 0 radical (unpaired) electrons. The summed E-state index contributed by atoms with van der Waals surface area (Å²) in [6.07, 6.45) is -0.666. The molecule has 0 bridgehead atoms. The van der Waals surface area contributed by atoms with Crippen molar-refractivity contribution in [1.82, 2.24) is 10.2 Å². The number of ether oxygens (including phenoxy) is 1. The highest BCUT2D eigenvalue weighted by atomic mass is 16.6. The molecule has 0 aliphatic heterocycles. The number of primary amides is 1. The number of aliphatic hydroxyl groups excluding tert-OH is 2. The van der Waals surface area contributed by atoms with E-state index in [-0.39, 0.29) is 36.1 Å². The van der Waals surface area contributed by atoms with Gasteiger partial charge >= 0.3 is 6.09 Å². The first-order valence-electron chi connectivity index (χ1n) is 13.9. The van der Waals surface area contributed by atoms with E-state index in [0.717, 1.165) is 0 Å². The van der Waals surface area contributed by atoms with Crippen molar-refractivity contribution in [1.29, 1.82) is 0 Å². The maximum absolute atomic E-state index is 14.1. The molecule has 5 rings (SSSR count). The number of likely N-dealkylation sites (N-methyl/N-ethyl adjacent to an activating group) is 1. The van der Waals surface area contributed by atoms with Gasteiger partial charge in [0.2, 0.25) is 5.78 Å². The third-order valence-electron chi connectivity index (χ3n) is 8.63. The van der Waals surface area contributed by atoms with Crippen LogP contribution in [-0.2, 0) is 27.3 Å². The van der Waals surface area contributed by atoms with E-state index < -0.39 is 69.9 Å². The number of Topliss-reactive ketones (excluding diaryl/α,β-unsaturated/α-hetero) is 2. The molecule has 13 heteroatoms. The fraction of sp³-hybridized carbons (Fsp3) is 0.355. The summed E-state index contributed by atoms with van der Waals surface area (Å²) in [6, 6.07) is 8.85. The SMILES string of the molecule is CN(C)c1cc(CNC(=O)Oc2ccccc2)c(O)c2c1C[C@@H]1C[C@@H]3[C@@H](N(C)C)C(=O)C(C(N)=O)=C(O)[C@]3(O)C(=O)C1=C2O. The second-order valence-electron chi connectivity index (χ2n) is 11.7. The maximum atomic E-state index is 14.1. The van der Waals surface area contributed by atoms with Crippen LogP contribution >= 0.6 is 0 Å². The molecule has 1 saturated carbocycles. The molecule has 1 fully saturated rings. The molecule has 7 N–H and O–H groups in total. The van der Waals surface area contributed by atoms with E-state index in [2.05, 4.69) is 5.32 Å². The zero-order chi connectivity index (χ0) is 32.2. The van der Waals surface area contributed by atoms with Gasteiger partial charge in [0.25, 0.3) is 5.91 Å². The predicted octanol–water partition coefficient (Wildman–Crippen LogP) is 1.32. The van der Waals surface area contributed by atoms with Gasteiger partial charge in [-0.3, -0.25) is 19.3 Å². The van der Waals surface area contributed by atoms with Gasteiger partial charge < -0.3 is 41.1 Å². The average Bonchev–Trinajstić information content (AvgIpc) is 2.94. The monoisotopic (exact) mass is 606 g/mol. The van der Waals surface area contributed by atoms with Gasteiger partial charge in [-0.15, -0.1) is 0 Å². The van der Waals surface area contributed by atoms with Crippen molar-refractivity contribution in [3.05, 3.63) is 70.0 Å². The highest BCUT2D eigenvalue weighted by Crippen LogP contribution is 2.54. The number of hydrogen-bond donors (Lipinski definition) is 6. The quantitative estimate of drug-likeness (QED) is 0.259. The molecule has 13 nitrogen and oxygen atoms in total. The van der Waals surface area contributed by atoms with E-state index in [1.54, 1.807) is 69.5 Å². The standard InChI is InChI=1S/C31H34N4O9/c1-34(2)19-12-15(13-33-30(42)44-16-8-6-5-7-9-16)24(36)21-17(19)10-14-11-18-23(35(3)4)26(38)22(29(32)41)28(40)31(18,43)27(39)20(14)25(21)37/h5-9,12,14,18,23,36-37,40,43H,10-11,13H2,1-4H3,(H2,32,41)(H,33,42)/t14-,18-,23-,31-/m1/s1. The van der Waals surface area contributed by atoms with E-state index in [9.17, 15) is 39.6 Å². The average molecular weight is 607 g/mol. The molecule has 2 amide bonds. The molecule has 232 valence electrons. The Labute approximate surface area is 252 Å². The molecule has 2 aromatic rings. The number of phenolic OH excluding ortho intramolecular Hbond substituents is 1. The smallest absolute Gasteiger partial charge is 0.412 e. The highest BCUT2D eigenvalue weighted by Gasteiger charge is 2.64. The summed E-state index contributed by atoms with van der Waals surface area (Å²) >= 11 is 0. The topological polar surface area (TPSA) is 203 Å². The zero-order valence-corrected chi connectivity index (χ0v) is 24.6. The number of para-hydroxylation sites is 1. The number of nitrogens with one attached hydrogen (secondary N) is 1. The number of amides is 2. The number of hydrogen-bond acceptors (Lipinski definition) is 11. The van der Waals surface area contributed by atoms with Crippen LogP contribution < -0.4 is 20.7 Å². The van der Waals surface area contributed by atoms with Crippen molar-refractivity contribution in [2.75, 3.05) is 33.1 Å². The number of benzene rings is 2. The molecule has 3 aliphatic rings. The van der Waals surface area contributed by atoms with Crippen LogP contribution in [0, 0.1) is 11.8 Å². The Kier molecular flexibility index (Phi) is 7.64. The molecule has 4 atom stereocenters. The first-order chi connectivity index (χ1) is 20.7. The largest absolute Gasteiger partial charge is 0.508 e. The number of carbonyl (C=O) groups excluding carboxylic acids is 4. The van der Waals surface area contributed by atoms with Gasteiger partial charge in [0.05, 0.1) is 11.6 Å². The highest BCUT2D eigenvalue weighted by molar-refractivity contribution is 6.24. The van der Waals surface area contributed by atoms with Crippen LogP contribution in [0.2, 0.25) is 0 Å². The third kappa shape index (κ3) is 4.64. The van der Waals surface area contributed by atoms with Crippen LogP contribution in [0.5, 0.6) is 11.5 Å². The van der Waals surface area contributed by atoms with Crippen molar-refractivity contribution >= 4 is 35.0 Å². The number of rotatable bonds is 6. The number of fused-ring (bicyclic) bond motifs is 3. The molecule has 0 spiro atoms. The summed E-state index contributed by atoms with van der Waals surface area (Å²) in [4.78, 5) is 55.2. The summed E-state index contributed by atoms with van der Waals surface area (Å²) < 4.78 is 5.24. The van der Waals surface area contributed by atoms with E-state index in [0.29, 0.717) is 17.0 Å². The van der Waals surface area contributed by atoms with Crippen LogP contribution in [0.15, 0.2) is 53.3 Å². The summed E-state index contributed by atoms with van der Waals surface area (Å²) in [5.74, 6) is -6.95. The predicted molar refractivity (Wildman–Crippen MR) is 158 cm³/mol. The second kappa shape index (κ2) is 11.0. The molecule has 2 aromatic carbocycles. The number of aliphatic hydroxyl groups is 3. The van der Waals surface area contributed by atoms with Crippen molar-refractivity contribution in [2.45, 2.75) is 31.0 Å². The Morgan fingerprint density at radius 2 is 1.75 bits per heavy atom. The molecule has 44 heavy (non-hydrogen) atoms. The van der Waals surface area contributed by atoms with Crippen LogP contribution in [0.25, 0.3) is 5.76 Å². The normalized spacial score (nSPS) is 24.5. The van der Waals surface area contributed by atoms with Crippen molar-refractivity contribution in [3.63, 3.8) is 0 Å². The number of phenols is 1. The van der Waals surface area contributed by atoms with E-state index in [1.165, 1.54) is 4.90 Å². The number of ketones is 2. The number of nitrogens with zero attached hydrogens (tertiary/aromatic N) is 2. The number of aromatic hydroxyl groups is 1. The van der Waals surface area contributed by atoms with Crippen LogP contribution in [-0.4, -0.2) is 88.7 Å². The molecule has 0 saturated heterocycles. The summed E-state index contributed by atoms with van der Waals surface area (Å²) in [7, 11) is 6.59. The second-order valence-corrected chi connectivity index (χ2v) is 11.7. The maximum Gasteiger partial charge on any atom is 0.412 e. The number of nitrogens with two attached hydrogens (primary N) is 1. The van der Waals surface area contributed by atoms with Gasteiger partial charge in [-0.05, 0) is 56.6 Å². The number of anilines is 1. The minimum Gasteiger partial charge on any atom is -0.508 e. The van der Waals surface area contributed by atoms with E-state index in [1.807, 2.05) is 0 Å². The minimum absolute atomic E-state index is 0.0198. The molecular weight excluding hydrogens is 572 g/mol. The van der Waals surface area contributed by atoms with Gasteiger partial charge in [-0.1, -0.05) is 18.2 Å². The van der Waals surface area contributed by atoms with E-state index in [4.69, 9.17) is 10.5 Å². The minimum atomic E-state index is -2.73. The third-order valence-corrected chi connectivity index (χ3v) is 8.63. The Hall–Kier alpha value is -4.88. The lowest BCUT2D eigenvalue weighted by molar-refractivity contribution is -0.153. The summed E-state index contributed by atoms with van der Waals surface area (Å²) in [6.45, 7) is -0.199. The van der Waals surface area contributed by atoms with Gasteiger partial charge in [0.15, 0.2) is 11.4 Å². The van der Waals surface area contributed by atoms with Crippen molar-refractivity contribution in [3.8, 4) is 11.5 Å². The Bertz CT molecular complexity index is 1650. The van der Waals surface area contributed by atoms with Gasteiger partial charge in [-0.25, -0.2) is 4.79 Å². The lowest BCUT2D eigenvalue weighted by Gasteiger charge is -2.50. The van der Waals surface area contributed by atoms with Crippen LogP contribution in [0.3, 0.4) is 0 Å². The van der Waals surface area contributed by atoms with Crippen molar-refractivity contribution < 1.29 is 44.3 Å². The Morgan fingerprint density at radius 1 is 1.09 bits per heavy atom. The zero-order valence-electron chi connectivity index (χ0n) is 24.6.